The highest BCUT2D eigenvalue weighted by Gasteiger charge is 2.09. The smallest absolute Gasteiger partial charge is 0.429 e. The van der Waals surface area contributed by atoms with Crippen LogP contribution in [0, 0.1) is 10.1 Å². The van der Waals surface area contributed by atoms with E-state index in [0.717, 1.165) is 0 Å². The van der Waals surface area contributed by atoms with Crippen LogP contribution in [0.2, 0.25) is 0 Å². The number of rotatable bonds is 2. The minimum absolute atomic E-state index is 0.262. The van der Waals surface area contributed by atoms with E-state index in [1.165, 1.54) is 5.43 Å². The number of carboxylic acid groups (broad SMARTS) is 1. The molecule has 9 heavy (non-hydrogen) atoms. The first-order valence-corrected chi connectivity index (χ1v) is 1.72. The second-order valence-electron chi connectivity index (χ2n) is 0.999. The highest BCUT2D eigenvalue weighted by molar-refractivity contribution is 5.63. The van der Waals surface area contributed by atoms with Crippen LogP contribution < -0.4 is 11.3 Å². The third kappa shape index (κ3) is 3.05. The number of nitrogens with one attached hydrogen (secondary N) is 1. The second-order valence-corrected chi connectivity index (χ2v) is 0.999. The van der Waals surface area contributed by atoms with Gasteiger partial charge < -0.3 is 5.11 Å². The molecule has 0 atom stereocenters. The van der Waals surface area contributed by atoms with Gasteiger partial charge in [0, 0.05) is 0 Å². The lowest BCUT2D eigenvalue weighted by Crippen LogP contribution is -2.50. The Hall–Kier alpha value is -1.57. The zero-order valence-corrected chi connectivity index (χ0v) is 4.14. The molecule has 0 rings (SSSR count). The zero-order valence-electron chi connectivity index (χ0n) is 4.14. The predicted octanol–water partition coefficient (Wildman–Crippen LogP) is -1.46. The van der Waals surface area contributed by atoms with Crippen molar-refractivity contribution in [3.05, 3.63) is 10.1 Å². The van der Waals surface area contributed by atoms with E-state index in [9.17, 15) is 14.9 Å². The Labute approximate surface area is 48.9 Å². The van der Waals surface area contributed by atoms with Gasteiger partial charge in [-0.05, 0) is 0 Å². The summed E-state index contributed by atoms with van der Waals surface area (Å²) in [4.78, 5) is 19.1. The number of carbonyl (C=O) groups is 1. The summed E-state index contributed by atoms with van der Waals surface area (Å²) in [5.41, 5.74) is 1.27. The molecule has 0 unspecified atom stereocenters. The van der Waals surface area contributed by atoms with E-state index in [-0.39, 0.29) is 5.23 Å². The van der Waals surface area contributed by atoms with Gasteiger partial charge in [0.2, 0.25) is 0 Å². The summed E-state index contributed by atoms with van der Waals surface area (Å²) in [5, 5.41) is 15.9. The molecule has 0 aromatic rings. The van der Waals surface area contributed by atoms with Crippen LogP contribution in [0.3, 0.4) is 0 Å². The number of amides is 1. The molecule has 0 aliphatic carbocycles. The van der Waals surface area contributed by atoms with Gasteiger partial charge >= 0.3 is 6.09 Å². The van der Waals surface area contributed by atoms with E-state index in [1.807, 2.05) is 0 Å². The molecule has 0 radical (unpaired) electrons. The second kappa shape index (κ2) is 2.67. The molecule has 0 heterocycles. The quantitative estimate of drug-likeness (QED) is 0.242. The standard InChI is InChI=1S/CH4N4O4/c2-4(5(8)9)3-1(6)7/h3H,2H2,(H,6,7). The molecule has 8 nitrogen and oxygen atoms in total. The van der Waals surface area contributed by atoms with E-state index in [0.29, 0.717) is 0 Å². The van der Waals surface area contributed by atoms with Gasteiger partial charge in [0.25, 0.3) is 0 Å². The van der Waals surface area contributed by atoms with Crippen LogP contribution in [0.1, 0.15) is 0 Å². The topological polar surface area (TPSA) is 122 Å². The number of nitro groups is 1. The molecule has 0 fully saturated rings. The van der Waals surface area contributed by atoms with Gasteiger partial charge in [0.05, 0.1) is 5.23 Å². The Kier molecular flexibility index (Phi) is 2.20. The molecule has 0 aromatic carbocycles. The number of nitrogens with zero attached hydrogens (tertiary/aromatic N) is 2. The summed E-state index contributed by atoms with van der Waals surface area (Å²) in [5.74, 6) is 4.46. The van der Waals surface area contributed by atoms with Crippen molar-refractivity contribution in [3.63, 3.8) is 0 Å². The molecule has 0 saturated carbocycles. The lowest BCUT2D eigenvalue weighted by atomic mass is 11.3. The lowest BCUT2D eigenvalue weighted by Gasteiger charge is -2.03. The average molecular weight is 136 g/mol. The number of nitrogens with two attached hydrogens (primary N) is 1. The van der Waals surface area contributed by atoms with Crippen molar-refractivity contribution in [1.29, 1.82) is 0 Å². The summed E-state index contributed by atoms with van der Waals surface area (Å²) in [6, 6.07) is 0. The van der Waals surface area contributed by atoms with E-state index < -0.39 is 11.1 Å². The van der Waals surface area contributed by atoms with Crippen LogP contribution in [0.15, 0.2) is 0 Å². The van der Waals surface area contributed by atoms with Gasteiger partial charge in [-0.1, -0.05) is 0 Å². The van der Waals surface area contributed by atoms with E-state index in [2.05, 4.69) is 5.84 Å². The van der Waals surface area contributed by atoms with Crippen LogP contribution in [0.5, 0.6) is 0 Å². The number of hydrogen-bond donors (Lipinski definition) is 3. The fourth-order valence-electron chi connectivity index (χ4n) is 0.139. The van der Waals surface area contributed by atoms with E-state index in [4.69, 9.17) is 5.11 Å². The van der Waals surface area contributed by atoms with E-state index >= 15 is 0 Å². The summed E-state index contributed by atoms with van der Waals surface area (Å²) in [7, 11) is 0. The minimum atomic E-state index is -1.59. The fourth-order valence-corrected chi connectivity index (χ4v) is 0.139. The largest absolute Gasteiger partial charge is 0.464 e. The summed E-state index contributed by atoms with van der Waals surface area (Å²) in [6.45, 7) is 0. The van der Waals surface area contributed by atoms with Gasteiger partial charge in [-0.25, -0.2) is 14.9 Å². The molecule has 52 valence electrons. The number of hydrogen-bond acceptors (Lipinski definition) is 4. The molecular formula is CH4N4O4. The zero-order chi connectivity index (χ0) is 7.44. The molecular weight excluding hydrogens is 132 g/mol. The highest BCUT2D eigenvalue weighted by atomic mass is 16.7. The van der Waals surface area contributed by atoms with Gasteiger partial charge in [0.15, 0.2) is 5.03 Å². The predicted molar refractivity (Wildman–Crippen MR) is 24.2 cm³/mol. The normalized spacial score (nSPS) is 8.11. The van der Waals surface area contributed by atoms with Gasteiger partial charge in [0.1, 0.15) is 0 Å². The van der Waals surface area contributed by atoms with Crippen molar-refractivity contribution < 1.29 is 14.9 Å². The first kappa shape index (κ1) is 7.43. The molecule has 0 bridgehead atoms. The van der Waals surface area contributed by atoms with Gasteiger partial charge in [-0.15, -0.1) is 0 Å². The highest BCUT2D eigenvalue weighted by Crippen LogP contribution is 1.68. The Morgan fingerprint density at radius 3 is 2.44 bits per heavy atom. The Bertz CT molecular complexity index is 133. The minimum Gasteiger partial charge on any atom is -0.464 e. The van der Waals surface area contributed by atoms with E-state index in [1.54, 1.807) is 0 Å². The molecule has 0 aromatic heterocycles. The summed E-state index contributed by atoms with van der Waals surface area (Å²) in [6.07, 6.45) is -1.59. The average Bonchev–Trinajstić information content (AvgIpc) is 1.63. The van der Waals surface area contributed by atoms with Crippen molar-refractivity contribution in [3.8, 4) is 0 Å². The fraction of sp³-hybridized carbons (Fsp3) is 0. The van der Waals surface area contributed by atoms with Crippen LogP contribution in [-0.4, -0.2) is 21.5 Å². The van der Waals surface area contributed by atoms with Gasteiger partial charge in [-0.2, -0.15) is 11.3 Å². The maximum atomic E-state index is 9.58. The van der Waals surface area contributed by atoms with Gasteiger partial charge in [-0.3, -0.25) is 0 Å². The third-order valence-corrected chi connectivity index (χ3v) is 0.386. The molecule has 0 spiro atoms. The monoisotopic (exact) mass is 136 g/mol. The van der Waals surface area contributed by atoms with Crippen LogP contribution in [0.25, 0.3) is 0 Å². The Morgan fingerprint density at radius 2 is 2.33 bits per heavy atom. The molecule has 0 saturated heterocycles. The maximum absolute atomic E-state index is 9.58. The molecule has 0 aliphatic heterocycles. The van der Waals surface area contributed by atoms with Crippen molar-refractivity contribution in [2.75, 3.05) is 0 Å². The summed E-state index contributed by atoms with van der Waals surface area (Å²) < 4.78 is 0. The SMILES string of the molecule is NN(NC(=O)O)[N+](=O)[O-]. The lowest BCUT2D eigenvalue weighted by molar-refractivity contribution is -0.670. The first-order chi connectivity index (χ1) is 4.04. The van der Waals surface area contributed by atoms with Crippen LogP contribution in [-0.2, 0) is 0 Å². The van der Waals surface area contributed by atoms with Crippen LogP contribution in [0.4, 0.5) is 4.79 Å². The van der Waals surface area contributed by atoms with Crippen molar-refractivity contribution >= 4 is 6.09 Å². The molecule has 0 aliphatic rings. The third-order valence-electron chi connectivity index (χ3n) is 0.386. The maximum Gasteiger partial charge on any atom is 0.429 e. The Morgan fingerprint density at radius 1 is 1.89 bits per heavy atom. The Balaban J connectivity index is 3.63. The van der Waals surface area contributed by atoms with Crippen molar-refractivity contribution in [2.24, 2.45) is 5.84 Å². The molecule has 1 amide bonds. The molecule has 8 heteroatoms. The first-order valence-electron chi connectivity index (χ1n) is 1.72. The summed E-state index contributed by atoms with van der Waals surface area (Å²) >= 11 is 0. The van der Waals surface area contributed by atoms with Crippen LogP contribution >= 0.6 is 0 Å². The van der Waals surface area contributed by atoms with Crippen molar-refractivity contribution in [1.82, 2.24) is 10.7 Å². The number of hydrazine groups is 3. The molecule has 4 N–H and O–H groups in total. The van der Waals surface area contributed by atoms with Crippen molar-refractivity contribution in [2.45, 2.75) is 0 Å².